The molecule has 98 valence electrons. The first-order valence-electron chi connectivity index (χ1n) is 6.04. The predicted molar refractivity (Wildman–Crippen MR) is 77.6 cm³/mol. The zero-order valence-corrected chi connectivity index (χ0v) is 11.7. The van der Waals surface area contributed by atoms with Crippen molar-refractivity contribution in [2.45, 2.75) is 20.3 Å². The number of rotatable bonds is 4. The Morgan fingerprint density at radius 1 is 1.32 bits per heavy atom. The molecule has 0 saturated heterocycles. The van der Waals surface area contributed by atoms with Gasteiger partial charge >= 0.3 is 0 Å². The van der Waals surface area contributed by atoms with E-state index < -0.39 is 0 Å². The van der Waals surface area contributed by atoms with Crippen LogP contribution in [-0.2, 0) is 6.42 Å². The van der Waals surface area contributed by atoms with Crippen LogP contribution in [0.1, 0.15) is 34.0 Å². The highest BCUT2D eigenvalue weighted by Crippen LogP contribution is 2.17. The van der Waals surface area contributed by atoms with Gasteiger partial charge in [0.05, 0.1) is 10.6 Å². The van der Waals surface area contributed by atoms with Crippen LogP contribution < -0.4 is 5.43 Å². The Bertz CT molecular complexity index is 590. The van der Waals surface area contributed by atoms with E-state index in [9.17, 15) is 4.79 Å². The van der Waals surface area contributed by atoms with E-state index in [4.69, 9.17) is 0 Å². The molecule has 2 aromatic rings. The van der Waals surface area contributed by atoms with Crippen molar-refractivity contribution in [2.75, 3.05) is 0 Å². The summed E-state index contributed by atoms with van der Waals surface area (Å²) < 4.78 is 0. The highest BCUT2D eigenvalue weighted by Gasteiger charge is 2.05. The second-order valence-electron chi connectivity index (χ2n) is 3.99. The number of carbonyl (C=O) groups excluding carboxylic acids is 1. The number of nitrogens with zero attached hydrogens (tertiary/aromatic N) is 2. The number of aromatic nitrogens is 1. The highest BCUT2D eigenvalue weighted by atomic mass is 32.1. The molecule has 0 unspecified atom stereocenters. The molecule has 19 heavy (non-hydrogen) atoms. The molecule has 0 aliphatic carbocycles. The number of hydrogen-bond donors (Lipinski definition) is 1. The number of thiophene rings is 1. The lowest BCUT2D eigenvalue weighted by atomic mass is 10.2. The van der Waals surface area contributed by atoms with E-state index in [1.54, 1.807) is 35.9 Å². The fraction of sp³-hybridized carbons (Fsp3) is 0.214. The molecular weight excluding hydrogens is 258 g/mol. The normalized spacial score (nSPS) is 11.4. The SMILES string of the molecule is CCc1ccc(/C(C)=N\NC(=O)c2ccncc2)s1. The minimum atomic E-state index is -0.228. The molecule has 0 saturated carbocycles. The van der Waals surface area contributed by atoms with Gasteiger partial charge in [0.1, 0.15) is 0 Å². The fourth-order valence-corrected chi connectivity index (χ4v) is 2.41. The summed E-state index contributed by atoms with van der Waals surface area (Å²) in [6.45, 7) is 4.01. The molecule has 0 aliphatic heterocycles. The summed E-state index contributed by atoms with van der Waals surface area (Å²) in [4.78, 5) is 18.1. The van der Waals surface area contributed by atoms with Crippen LogP contribution in [0.4, 0.5) is 0 Å². The molecule has 0 fully saturated rings. The van der Waals surface area contributed by atoms with Gasteiger partial charge in [-0.3, -0.25) is 9.78 Å². The van der Waals surface area contributed by atoms with Crippen molar-refractivity contribution in [3.63, 3.8) is 0 Å². The van der Waals surface area contributed by atoms with Gasteiger partial charge in [-0.25, -0.2) is 5.43 Å². The van der Waals surface area contributed by atoms with Gasteiger partial charge in [-0.1, -0.05) is 6.92 Å². The lowest BCUT2D eigenvalue weighted by Crippen LogP contribution is -2.19. The molecule has 0 radical (unpaired) electrons. The van der Waals surface area contributed by atoms with Crippen molar-refractivity contribution in [1.29, 1.82) is 0 Å². The molecule has 1 N–H and O–H groups in total. The molecule has 0 bridgehead atoms. The lowest BCUT2D eigenvalue weighted by molar-refractivity contribution is 0.0954. The average molecular weight is 273 g/mol. The van der Waals surface area contributed by atoms with Gasteiger partial charge in [0.2, 0.25) is 0 Å². The van der Waals surface area contributed by atoms with Crippen molar-refractivity contribution < 1.29 is 4.79 Å². The van der Waals surface area contributed by atoms with Crippen LogP contribution in [0.2, 0.25) is 0 Å². The van der Waals surface area contributed by atoms with Crippen LogP contribution in [0.15, 0.2) is 41.8 Å². The van der Waals surface area contributed by atoms with E-state index in [1.165, 1.54) is 4.88 Å². The molecule has 1 amide bonds. The summed E-state index contributed by atoms with van der Waals surface area (Å²) in [6.07, 6.45) is 4.18. The molecule has 2 rings (SSSR count). The highest BCUT2D eigenvalue weighted by molar-refractivity contribution is 7.14. The third-order valence-corrected chi connectivity index (χ3v) is 3.97. The van der Waals surface area contributed by atoms with E-state index in [-0.39, 0.29) is 5.91 Å². The lowest BCUT2D eigenvalue weighted by Gasteiger charge is -2.00. The van der Waals surface area contributed by atoms with Crippen molar-refractivity contribution in [3.05, 3.63) is 52.0 Å². The number of hydrazone groups is 1. The maximum absolute atomic E-state index is 11.8. The van der Waals surface area contributed by atoms with E-state index in [0.29, 0.717) is 5.56 Å². The number of pyridine rings is 1. The zero-order chi connectivity index (χ0) is 13.7. The molecule has 2 heterocycles. The second-order valence-corrected chi connectivity index (χ2v) is 5.16. The summed E-state index contributed by atoms with van der Waals surface area (Å²) in [7, 11) is 0. The van der Waals surface area contributed by atoms with Gasteiger partial charge in [0, 0.05) is 22.8 Å². The zero-order valence-electron chi connectivity index (χ0n) is 10.9. The quantitative estimate of drug-likeness (QED) is 0.688. The first-order chi connectivity index (χ1) is 9.20. The van der Waals surface area contributed by atoms with Crippen LogP contribution in [0.25, 0.3) is 0 Å². The summed E-state index contributed by atoms with van der Waals surface area (Å²) in [6, 6.07) is 7.42. The molecular formula is C14H15N3OS. The minimum absolute atomic E-state index is 0.228. The van der Waals surface area contributed by atoms with Gasteiger partial charge in [-0.15, -0.1) is 11.3 Å². The molecule has 0 aromatic carbocycles. The number of hydrogen-bond acceptors (Lipinski definition) is 4. The topological polar surface area (TPSA) is 54.4 Å². The van der Waals surface area contributed by atoms with Gasteiger partial charge in [0.25, 0.3) is 5.91 Å². The first-order valence-corrected chi connectivity index (χ1v) is 6.86. The van der Waals surface area contributed by atoms with Crippen molar-refractivity contribution in [1.82, 2.24) is 10.4 Å². The number of carbonyl (C=O) groups is 1. The molecule has 4 nitrogen and oxygen atoms in total. The van der Waals surface area contributed by atoms with Gasteiger partial charge in [-0.2, -0.15) is 5.10 Å². The van der Waals surface area contributed by atoms with Crippen LogP contribution in [-0.4, -0.2) is 16.6 Å². The fourth-order valence-electron chi connectivity index (χ4n) is 1.52. The average Bonchev–Trinajstić information content (AvgIpc) is 2.94. The van der Waals surface area contributed by atoms with Crippen molar-refractivity contribution in [2.24, 2.45) is 5.10 Å². The summed E-state index contributed by atoms with van der Waals surface area (Å²) in [5.74, 6) is -0.228. The Morgan fingerprint density at radius 2 is 2.05 bits per heavy atom. The first kappa shape index (κ1) is 13.4. The van der Waals surface area contributed by atoms with Crippen LogP contribution in [0.5, 0.6) is 0 Å². The molecule has 0 aliphatic rings. The van der Waals surface area contributed by atoms with Crippen molar-refractivity contribution in [3.8, 4) is 0 Å². The van der Waals surface area contributed by atoms with Crippen LogP contribution in [0.3, 0.4) is 0 Å². The number of aryl methyl sites for hydroxylation is 1. The maximum atomic E-state index is 11.8. The van der Waals surface area contributed by atoms with E-state index in [2.05, 4.69) is 28.5 Å². The summed E-state index contributed by atoms with van der Waals surface area (Å²) in [5.41, 5.74) is 3.91. The molecule has 2 aromatic heterocycles. The van der Waals surface area contributed by atoms with Crippen LogP contribution >= 0.6 is 11.3 Å². The van der Waals surface area contributed by atoms with Gasteiger partial charge in [-0.05, 0) is 37.6 Å². The van der Waals surface area contributed by atoms with Gasteiger partial charge in [0.15, 0.2) is 0 Å². The third-order valence-electron chi connectivity index (χ3n) is 2.63. The Kier molecular flexibility index (Phi) is 4.41. The van der Waals surface area contributed by atoms with E-state index >= 15 is 0 Å². The largest absolute Gasteiger partial charge is 0.271 e. The summed E-state index contributed by atoms with van der Waals surface area (Å²) in [5, 5.41) is 4.13. The number of amides is 1. The standard InChI is InChI=1S/C14H15N3OS/c1-3-12-4-5-13(19-12)10(2)16-17-14(18)11-6-8-15-9-7-11/h4-9H,3H2,1-2H3,(H,17,18)/b16-10-. The number of nitrogens with one attached hydrogen (secondary N) is 1. The van der Waals surface area contributed by atoms with E-state index in [0.717, 1.165) is 17.0 Å². The molecule has 0 spiro atoms. The van der Waals surface area contributed by atoms with Crippen LogP contribution in [0, 0.1) is 0 Å². The Hall–Kier alpha value is -2.01. The van der Waals surface area contributed by atoms with Gasteiger partial charge < -0.3 is 0 Å². The van der Waals surface area contributed by atoms with Crippen molar-refractivity contribution >= 4 is 23.0 Å². The minimum Gasteiger partial charge on any atom is -0.267 e. The molecule has 5 heteroatoms. The third kappa shape index (κ3) is 3.48. The smallest absolute Gasteiger partial charge is 0.267 e. The summed E-state index contributed by atoms with van der Waals surface area (Å²) >= 11 is 1.70. The predicted octanol–water partition coefficient (Wildman–Crippen LogP) is 2.86. The molecule has 0 atom stereocenters. The Balaban J connectivity index is 2.04. The van der Waals surface area contributed by atoms with E-state index in [1.807, 2.05) is 13.0 Å². The Morgan fingerprint density at radius 3 is 2.68 bits per heavy atom. The Labute approximate surface area is 116 Å². The monoisotopic (exact) mass is 273 g/mol. The maximum Gasteiger partial charge on any atom is 0.271 e. The second kappa shape index (κ2) is 6.24.